The number of anilines is 1. The lowest BCUT2D eigenvalue weighted by atomic mass is 10.2. The molecular formula is C19H14Cl2N2O3. The summed E-state index contributed by atoms with van der Waals surface area (Å²) in [6.45, 7) is 1.44. The lowest BCUT2D eigenvalue weighted by molar-refractivity contribution is -0.148. The SMILES string of the molecule is C[C@@H](OC(=O)/C=C/c1ccc(Cl)cc1Cl)C(=O)Nc1ccccc1C#N. The van der Waals surface area contributed by atoms with Gasteiger partial charge in [0.25, 0.3) is 5.91 Å². The molecule has 1 N–H and O–H groups in total. The molecule has 1 amide bonds. The number of esters is 1. The summed E-state index contributed by atoms with van der Waals surface area (Å²) in [5.41, 5.74) is 1.26. The molecule has 1 atom stereocenters. The molecule has 0 saturated carbocycles. The summed E-state index contributed by atoms with van der Waals surface area (Å²) in [5.74, 6) is -1.24. The van der Waals surface area contributed by atoms with Crippen LogP contribution in [0.3, 0.4) is 0 Å². The number of nitrogens with zero attached hydrogens (tertiary/aromatic N) is 1. The summed E-state index contributed by atoms with van der Waals surface area (Å²) in [6, 6.07) is 13.4. The van der Waals surface area contributed by atoms with Crippen LogP contribution >= 0.6 is 23.2 Å². The first-order valence-electron chi connectivity index (χ1n) is 7.54. The van der Waals surface area contributed by atoms with Gasteiger partial charge in [-0.25, -0.2) is 4.79 Å². The van der Waals surface area contributed by atoms with E-state index in [0.29, 0.717) is 26.9 Å². The topological polar surface area (TPSA) is 79.2 Å². The maximum absolute atomic E-state index is 12.1. The van der Waals surface area contributed by atoms with Crippen LogP contribution in [0.15, 0.2) is 48.5 Å². The van der Waals surface area contributed by atoms with Crippen molar-refractivity contribution in [3.05, 3.63) is 69.7 Å². The van der Waals surface area contributed by atoms with E-state index in [-0.39, 0.29) is 0 Å². The number of para-hydroxylation sites is 1. The number of carbonyl (C=O) groups is 2. The predicted octanol–water partition coefficient (Wildman–Crippen LogP) is 4.45. The van der Waals surface area contributed by atoms with Gasteiger partial charge in [-0.3, -0.25) is 4.79 Å². The largest absolute Gasteiger partial charge is 0.449 e. The Hall–Kier alpha value is -2.81. The Balaban J connectivity index is 1.96. The molecule has 26 heavy (non-hydrogen) atoms. The minimum Gasteiger partial charge on any atom is -0.449 e. The molecule has 0 aromatic heterocycles. The Morgan fingerprint density at radius 1 is 1.23 bits per heavy atom. The van der Waals surface area contributed by atoms with Crippen LogP contribution in [0.2, 0.25) is 10.0 Å². The maximum atomic E-state index is 12.1. The van der Waals surface area contributed by atoms with E-state index < -0.39 is 18.0 Å². The number of hydrogen-bond donors (Lipinski definition) is 1. The number of nitriles is 1. The van der Waals surface area contributed by atoms with Crippen molar-refractivity contribution in [2.75, 3.05) is 5.32 Å². The highest BCUT2D eigenvalue weighted by atomic mass is 35.5. The highest BCUT2D eigenvalue weighted by Gasteiger charge is 2.17. The van der Waals surface area contributed by atoms with E-state index in [0.717, 1.165) is 0 Å². The molecule has 7 heteroatoms. The van der Waals surface area contributed by atoms with Crippen molar-refractivity contribution >= 4 is 46.8 Å². The van der Waals surface area contributed by atoms with Gasteiger partial charge in [0.1, 0.15) is 6.07 Å². The molecule has 0 aliphatic heterocycles. The number of carbonyl (C=O) groups excluding carboxylic acids is 2. The minimum atomic E-state index is -1.04. The first-order valence-corrected chi connectivity index (χ1v) is 8.30. The third kappa shape index (κ3) is 5.35. The first kappa shape index (κ1) is 19.5. The Kier molecular flexibility index (Phi) is 6.79. The van der Waals surface area contributed by atoms with E-state index >= 15 is 0 Å². The number of nitrogens with one attached hydrogen (secondary N) is 1. The van der Waals surface area contributed by atoms with Gasteiger partial charge in [0.15, 0.2) is 6.10 Å². The van der Waals surface area contributed by atoms with Crippen LogP contribution in [-0.4, -0.2) is 18.0 Å². The summed E-state index contributed by atoms with van der Waals surface area (Å²) in [5, 5.41) is 12.4. The van der Waals surface area contributed by atoms with Crippen LogP contribution in [0.1, 0.15) is 18.1 Å². The molecule has 132 valence electrons. The Morgan fingerprint density at radius 2 is 1.96 bits per heavy atom. The number of ether oxygens (including phenoxy) is 1. The maximum Gasteiger partial charge on any atom is 0.331 e. The highest BCUT2D eigenvalue weighted by Crippen LogP contribution is 2.22. The molecule has 0 heterocycles. The van der Waals surface area contributed by atoms with Gasteiger partial charge < -0.3 is 10.1 Å². The summed E-state index contributed by atoms with van der Waals surface area (Å²) < 4.78 is 5.05. The fraction of sp³-hybridized carbons (Fsp3) is 0.105. The molecule has 0 aliphatic rings. The number of hydrogen-bond acceptors (Lipinski definition) is 4. The number of benzene rings is 2. The fourth-order valence-electron chi connectivity index (χ4n) is 1.99. The Bertz CT molecular complexity index is 904. The summed E-state index contributed by atoms with van der Waals surface area (Å²) in [6.07, 6.45) is 1.60. The smallest absolute Gasteiger partial charge is 0.331 e. The van der Waals surface area contributed by atoms with Crippen molar-refractivity contribution in [2.45, 2.75) is 13.0 Å². The van der Waals surface area contributed by atoms with E-state index in [1.54, 1.807) is 42.5 Å². The normalized spacial score (nSPS) is 11.6. The van der Waals surface area contributed by atoms with E-state index in [1.807, 2.05) is 6.07 Å². The van der Waals surface area contributed by atoms with Crippen molar-refractivity contribution in [3.63, 3.8) is 0 Å². The highest BCUT2D eigenvalue weighted by molar-refractivity contribution is 6.35. The molecule has 0 radical (unpaired) electrons. The van der Waals surface area contributed by atoms with Crippen LogP contribution in [0, 0.1) is 11.3 Å². The van der Waals surface area contributed by atoms with Crippen molar-refractivity contribution in [1.82, 2.24) is 0 Å². The van der Waals surface area contributed by atoms with Crippen LogP contribution in [-0.2, 0) is 14.3 Å². The molecule has 0 bridgehead atoms. The van der Waals surface area contributed by atoms with Crippen LogP contribution in [0.5, 0.6) is 0 Å². The average Bonchev–Trinajstić information content (AvgIpc) is 2.61. The fourth-order valence-corrected chi connectivity index (χ4v) is 2.46. The lowest BCUT2D eigenvalue weighted by Crippen LogP contribution is -2.29. The Labute approximate surface area is 160 Å². The van der Waals surface area contributed by atoms with Gasteiger partial charge in [-0.1, -0.05) is 41.4 Å². The third-order valence-electron chi connectivity index (χ3n) is 3.33. The molecule has 0 fully saturated rings. The van der Waals surface area contributed by atoms with E-state index in [4.69, 9.17) is 33.2 Å². The second-order valence-electron chi connectivity index (χ2n) is 5.22. The Morgan fingerprint density at radius 3 is 2.65 bits per heavy atom. The number of amides is 1. The second kappa shape index (κ2) is 9.04. The molecule has 0 saturated heterocycles. The van der Waals surface area contributed by atoms with Gasteiger partial charge in [-0.15, -0.1) is 0 Å². The van der Waals surface area contributed by atoms with Gasteiger partial charge in [-0.2, -0.15) is 5.26 Å². The van der Waals surface area contributed by atoms with Gasteiger partial charge in [0, 0.05) is 16.1 Å². The molecule has 2 rings (SSSR count). The quantitative estimate of drug-likeness (QED) is 0.605. The lowest BCUT2D eigenvalue weighted by Gasteiger charge is -2.13. The zero-order chi connectivity index (χ0) is 19.1. The summed E-state index contributed by atoms with van der Waals surface area (Å²) in [7, 11) is 0. The summed E-state index contributed by atoms with van der Waals surface area (Å²) >= 11 is 11.8. The first-order chi connectivity index (χ1) is 12.4. The van der Waals surface area contributed by atoms with Gasteiger partial charge in [-0.05, 0) is 42.8 Å². The van der Waals surface area contributed by atoms with Gasteiger partial charge in [0.2, 0.25) is 0 Å². The van der Waals surface area contributed by atoms with Crippen molar-refractivity contribution in [2.24, 2.45) is 0 Å². The van der Waals surface area contributed by atoms with Crippen LogP contribution < -0.4 is 5.32 Å². The van der Waals surface area contributed by atoms with Crippen molar-refractivity contribution < 1.29 is 14.3 Å². The zero-order valence-electron chi connectivity index (χ0n) is 13.7. The van der Waals surface area contributed by atoms with Crippen molar-refractivity contribution in [1.29, 1.82) is 5.26 Å². The molecule has 2 aromatic carbocycles. The monoisotopic (exact) mass is 388 g/mol. The second-order valence-corrected chi connectivity index (χ2v) is 6.07. The van der Waals surface area contributed by atoms with E-state index in [9.17, 15) is 9.59 Å². The number of rotatable bonds is 5. The number of halogens is 2. The zero-order valence-corrected chi connectivity index (χ0v) is 15.2. The van der Waals surface area contributed by atoms with E-state index in [2.05, 4.69) is 5.32 Å². The van der Waals surface area contributed by atoms with Crippen LogP contribution in [0.4, 0.5) is 5.69 Å². The predicted molar refractivity (Wildman–Crippen MR) is 101 cm³/mol. The van der Waals surface area contributed by atoms with E-state index in [1.165, 1.54) is 19.1 Å². The summed E-state index contributed by atoms with van der Waals surface area (Å²) in [4.78, 5) is 24.0. The average molecular weight is 389 g/mol. The van der Waals surface area contributed by atoms with Crippen molar-refractivity contribution in [3.8, 4) is 6.07 Å². The minimum absolute atomic E-state index is 0.316. The third-order valence-corrected chi connectivity index (χ3v) is 3.89. The molecular weight excluding hydrogens is 375 g/mol. The molecule has 5 nitrogen and oxygen atoms in total. The standard InChI is InChI=1S/C19H14Cl2N2O3/c1-12(19(25)23-17-5-3-2-4-14(17)11-22)26-18(24)9-7-13-6-8-15(20)10-16(13)21/h2-10,12H,1H3,(H,23,25)/b9-7+/t12-/m1/s1. The molecule has 0 spiro atoms. The van der Waals surface area contributed by atoms with Gasteiger partial charge >= 0.3 is 5.97 Å². The molecule has 0 aliphatic carbocycles. The van der Waals surface area contributed by atoms with Crippen LogP contribution in [0.25, 0.3) is 6.08 Å². The molecule has 2 aromatic rings. The molecule has 0 unspecified atom stereocenters. The van der Waals surface area contributed by atoms with Gasteiger partial charge in [0.05, 0.1) is 11.3 Å².